The zero-order valence-electron chi connectivity index (χ0n) is 17.0. The molecule has 1 aliphatic heterocycles. The molecule has 8 heteroatoms. The number of piperazine rings is 1. The first kappa shape index (κ1) is 20.8. The molecule has 0 aliphatic carbocycles. The van der Waals surface area contributed by atoms with Gasteiger partial charge >= 0.3 is 0 Å². The van der Waals surface area contributed by atoms with Gasteiger partial charge in [0.15, 0.2) is 0 Å². The predicted molar refractivity (Wildman–Crippen MR) is 120 cm³/mol. The molecular weight excluding hydrogens is 410 g/mol. The molecule has 1 N–H and O–H groups in total. The molecule has 4 rings (SSSR count). The van der Waals surface area contributed by atoms with Crippen molar-refractivity contribution in [2.75, 3.05) is 36.0 Å². The SMILES string of the molecule is N#Cc1ccc(S(=O)(=O)NCc2ccc(N3CCN(c4ccncc4)CC3)cc2)cc1. The molecular formula is C23H23N5O2S. The van der Waals surface area contributed by atoms with Gasteiger partial charge in [-0.3, -0.25) is 4.98 Å². The van der Waals surface area contributed by atoms with Crippen LogP contribution >= 0.6 is 0 Å². The summed E-state index contributed by atoms with van der Waals surface area (Å²) in [5, 5.41) is 8.84. The number of sulfonamides is 1. The summed E-state index contributed by atoms with van der Waals surface area (Å²) in [6.07, 6.45) is 3.63. The molecule has 1 saturated heterocycles. The third kappa shape index (κ3) is 5.02. The van der Waals surface area contributed by atoms with Crippen molar-refractivity contribution in [1.29, 1.82) is 5.26 Å². The number of anilines is 2. The molecule has 0 bridgehead atoms. The van der Waals surface area contributed by atoms with Crippen molar-refractivity contribution in [2.45, 2.75) is 11.4 Å². The van der Waals surface area contributed by atoms with Crippen LogP contribution in [0.5, 0.6) is 0 Å². The van der Waals surface area contributed by atoms with Crippen molar-refractivity contribution in [3.63, 3.8) is 0 Å². The molecule has 1 fully saturated rings. The van der Waals surface area contributed by atoms with E-state index in [0.717, 1.165) is 37.4 Å². The maximum Gasteiger partial charge on any atom is 0.240 e. The van der Waals surface area contributed by atoms with Gasteiger partial charge in [0.25, 0.3) is 0 Å². The van der Waals surface area contributed by atoms with Gasteiger partial charge in [-0.1, -0.05) is 12.1 Å². The van der Waals surface area contributed by atoms with Gasteiger partial charge in [0.1, 0.15) is 0 Å². The lowest BCUT2D eigenvalue weighted by Crippen LogP contribution is -2.46. The average molecular weight is 434 g/mol. The van der Waals surface area contributed by atoms with Crippen molar-refractivity contribution < 1.29 is 8.42 Å². The first-order valence-corrected chi connectivity index (χ1v) is 11.5. The van der Waals surface area contributed by atoms with Crippen LogP contribution in [0, 0.1) is 11.3 Å². The summed E-state index contributed by atoms with van der Waals surface area (Å²) in [5.74, 6) is 0. The van der Waals surface area contributed by atoms with E-state index in [-0.39, 0.29) is 11.4 Å². The van der Waals surface area contributed by atoms with Gasteiger partial charge < -0.3 is 9.80 Å². The Kier molecular flexibility index (Phi) is 6.16. The number of hydrogen-bond acceptors (Lipinski definition) is 6. The number of pyridine rings is 1. The highest BCUT2D eigenvalue weighted by molar-refractivity contribution is 7.89. The Bertz CT molecular complexity index is 1150. The number of hydrogen-bond donors (Lipinski definition) is 1. The third-order valence-corrected chi connectivity index (χ3v) is 6.79. The second kappa shape index (κ2) is 9.16. The molecule has 31 heavy (non-hydrogen) atoms. The Morgan fingerprint density at radius 3 is 1.94 bits per heavy atom. The minimum absolute atomic E-state index is 0.148. The maximum absolute atomic E-state index is 12.5. The highest BCUT2D eigenvalue weighted by Crippen LogP contribution is 2.21. The Hall–Kier alpha value is -3.41. The van der Waals surface area contributed by atoms with E-state index in [1.807, 2.05) is 54.9 Å². The van der Waals surface area contributed by atoms with E-state index < -0.39 is 10.0 Å². The Labute approximate surface area is 182 Å². The topological polar surface area (TPSA) is 89.3 Å². The quantitative estimate of drug-likeness (QED) is 0.643. The van der Waals surface area contributed by atoms with Crippen molar-refractivity contribution in [2.24, 2.45) is 0 Å². The summed E-state index contributed by atoms with van der Waals surface area (Å²) in [6.45, 7) is 3.94. The fourth-order valence-electron chi connectivity index (χ4n) is 3.57. The molecule has 0 amide bonds. The van der Waals surface area contributed by atoms with Crippen LogP contribution in [-0.4, -0.2) is 39.6 Å². The smallest absolute Gasteiger partial charge is 0.240 e. The summed E-state index contributed by atoms with van der Waals surface area (Å²) < 4.78 is 27.5. The molecule has 0 atom stereocenters. The van der Waals surface area contributed by atoms with Crippen LogP contribution in [0.25, 0.3) is 0 Å². The van der Waals surface area contributed by atoms with Gasteiger partial charge in [-0.25, -0.2) is 13.1 Å². The number of aromatic nitrogens is 1. The fourth-order valence-corrected chi connectivity index (χ4v) is 4.59. The van der Waals surface area contributed by atoms with Gasteiger partial charge in [-0.05, 0) is 54.1 Å². The molecule has 1 aliphatic rings. The number of benzene rings is 2. The lowest BCUT2D eigenvalue weighted by Gasteiger charge is -2.37. The Morgan fingerprint density at radius 2 is 1.39 bits per heavy atom. The summed E-state index contributed by atoms with van der Waals surface area (Å²) in [4.78, 5) is 8.91. The van der Waals surface area contributed by atoms with Crippen molar-refractivity contribution in [3.05, 3.63) is 84.2 Å². The molecule has 7 nitrogen and oxygen atoms in total. The first-order chi connectivity index (χ1) is 15.0. The normalized spacial score (nSPS) is 14.3. The van der Waals surface area contributed by atoms with Gasteiger partial charge in [-0.2, -0.15) is 5.26 Å². The highest BCUT2D eigenvalue weighted by Gasteiger charge is 2.18. The molecule has 0 saturated carbocycles. The molecule has 1 aromatic heterocycles. The average Bonchev–Trinajstić information content (AvgIpc) is 2.84. The third-order valence-electron chi connectivity index (χ3n) is 5.37. The van der Waals surface area contributed by atoms with Crippen LogP contribution in [0.4, 0.5) is 11.4 Å². The summed E-state index contributed by atoms with van der Waals surface area (Å²) in [6, 6.07) is 19.9. The van der Waals surface area contributed by atoms with Gasteiger partial charge in [-0.15, -0.1) is 0 Å². The van der Waals surface area contributed by atoms with E-state index in [1.54, 1.807) is 0 Å². The van der Waals surface area contributed by atoms with Gasteiger partial charge in [0.2, 0.25) is 10.0 Å². The lowest BCUT2D eigenvalue weighted by atomic mass is 10.1. The van der Waals surface area contributed by atoms with Crippen LogP contribution in [0.2, 0.25) is 0 Å². The number of rotatable bonds is 6. The monoisotopic (exact) mass is 433 g/mol. The highest BCUT2D eigenvalue weighted by atomic mass is 32.2. The molecule has 2 heterocycles. The van der Waals surface area contributed by atoms with E-state index in [0.29, 0.717) is 5.56 Å². The maximum atomic E-state index is 12.5. The minimum atomic E-state index is -3.63. The Balaban J connectivity index is 1.33. The molecule has 0 radical (unpaired) electrons. The second-order valence-corrected chi connectivity index (χ2v) is 9.07. The zero-order chi connectivity index (χ0) is 21.7. The van der Waals surface area contributed by atoms with Crippen molar-refractivity contribution in [3.8, 4) is 6.07 Å². The summed E-state index contributed by atoms with van der Waals surface area (Å²) in [7, 11) is -3.63. The van der Waals surface area contributed by atoms with E-state index in [9.17, 15) is 8.42 Å². The Morgan fingerprint density at radius 1 is 0.839 bits per heavy atom. The minimum Gasteiger partial charge on any atom is -0.368 e. The number of nitrogens with zero attached hydrogens (tertiary/aromatic N) is 4. The van der Waals surface area contributed by atoms with Crippen LogP contribution in [0.3, 0.4) is 0 Å². The first-order valence-electron chi connectivity index (χ1n) is 10.0. The van der Waals surface area contributed by atoms with Crippen molar-refractivity contribution in [1.82, 2.24) is 9.71 Å². The standard InChI is InChI=1S/C23H23N5O2S/c24-17-19-3-7-23(8-4-19)31(29,30)26-18-20-1-5-21(6-2-20)27-13-15-28(16-14-27)22-9-11-25-12-10-22/h1-12,26H,13-16,18H2. The van der Waals surface area contributed by atoms with Gasteiger partial charge in [0.05, 0.1) is 16.5 Å². The van der Waals surface area contributed by atoms with Crippen LogP contribution < -0.4 is 14.5 Å². The largest absolute Gasteiger partial charge is 0.368 e. The zero-order valence-corrected chi connectivity index (χ0v) is 17.8. The predicted octanol–water partition coefficient (Wildman–Crippen LogP) is 2.76. The summed E-state index contributed by atoms with van der Waals surface area (Å²) in [5.41, 5.74) is 3.64. The van der Waals surface area contributed by atoms with Crippen LogP contribution in [-0.2, 0) is 16.6 Å². The molecule has 2 aromatic carbocycles. The van der Waals surface area contributed by atoms with E-state index in [4.69, 9.17) is 5.26 Å². The number of nitriles is 1. The number of nitrogens with one attached hydrogen (secondary N) is 1. The van der Waals surface area contributed by atoms with E-state index in [1.165, 1.54) is 30.0 Å². The second-order valence-electron chi connectivity index (χ2n) is 7.31. The van der Waals surface area contributed by atoms with Gasteiger partial charge in [0, 0.05) is 56.5 Å². The molecule has 3 aromatic rings. The van der Waals surface area contributed by atoms with Crippen molar-refractivity contribution >= 4 is 21.4 Å². The van der Waals surface area contributed by atoms with E-state index >= 15 is 0 Å². The summed E-state index contributed by atoms with van der Waals surface area (Å²) >= 11 is 0. The van der Waals surface area contributed by atoms with Crippen LogP contribution in [0.1, 0.15) is 11.1 Å². The van der Waals surface area contributed by atoms with Crippen LogP contribution in [0.15, 0.2) is 78.0 Å². The van der Waals surface area contributed by atoms with E-state index in [2.05, 4.69) is 19.5 Å². The molecule has 0 unspecified atom stereocenters. The fraction of sp³-hybridized carbons (Fsp3) is 0.217. The molecule has 0 spiro atoms. The molecule has 158 valence electrons. The lowest BCUT2D eigenvalue weighted by molar-refractivity contribution is 0.581.